The third kappa shape index (κ3) is 1.96. The van der Waals surface area contributed by atoms with E-state index in [1.54, 1.807) is 7.11 Å². The minimum atomic E-state index is -0.248. The number of likely N-dealkylation sites (tertiary alicyclic amines) is 1. The van der Waals surface area contributed by atoms with E-state index in [-0.39, 0.29) is 11.0 Å². The van der Waals surface area contributed by atoms with Crippen molar-refractivity contribution in [2.75, 3.05) is 27.3 Å². The highest BCUT2D eigenvalue weighted by atomic mass is 16.5. The fourth-order valence-electron chi connectivity index (χ4n) is 5.66. The van der Waals surface area contributed by atoms with E-state index in [1.165, 1.54) is 11.1 Å². The van der Waals surface area contributed by atoms with Crippen LogP contribution in [0.4, 0.5) is 0 Å². The molecule has 4 rings (SSSR count). The number of hydrogen-bond donors (Lipinski definition) is 0. The monoisotopic (exact) mass is 329 g/mol. The Balaban J connectivity index is 1.96. The van der Waals surface area contributed by atoms with Gasteiger partial charge in [0.05, 0.1) is 12.7 Å². The van der Waals surface area contributed by atoms with E-state index in [4.69, 9.17) is 9.47 Å². The second-order valence-corrected chi connectivity index (χ2v) is 7.59. The van der Waals surface area contributed by atoms with Gasteiger partial charge in [-0.3, -0.25) is 4.79 Å². The van der Waals surface area contributed by atoms with Crippen LogP contribution in [0.15, 0.2) is 18.2 Å². The molecule has 4 heteroatoms. The van der Waals surface area contributed by atoms with Crippen LogP contribution in [0, 0.1) is 0 Å². The molecule has 1 heterocycles. The molecule has 1 saturated carbocycles. The van der Waals surface area contributed by atoms with Gasteiger partial charge in [0.25, 0.3) is 0 Å². The number of methoxy groups -OCH3 is 1. The summed E-state index contributed by atoms with van der Waals surface area (Å²) in [6, 6.07) is 6.75. The van der Waals surface area contributed by atoms with Crippen LogP contribution in [-0.4, -0.2) is 49.6 Å². The second kappa shape index (κ2) is 5.57. The number of Topliss-reactive ketones (excluding diaryl/α,β-unsaturated/α-hetero) is 1. The number of hydrogen-bond acceptors (Lipinski definition) is 4. The highest BCUT2D eigenvalue weighted by Gasteiger charge is 2.65. The number of nitrogens with zero attached hydrogens (tertiary/aromatic N) is 1. The first kappa shape index (κ1) is 16.1. The first-order chi connectivity index (χ1) is 11.6. The standard InChI is InChI=1S/C20H27NO3/c1-4-24-20-8-7-15(22)13-19(20)9-10-21(2)18(20)11-14-5-6-16(23-3)12-17(14)19/h5-6,12,18H,4,7-11,13H2,1-3H3/t18-,19-,20?/m1/s1. The fourth-order valence-corrected chi connectivity index (χ4v) is 5.66. The molecule has 1 aliphatic heterocycles. The van der Waals surface area contributed by atoms with E-state index in [1.807, 2.05) is 6.07 Å². The van der Waals surface area contributed by atoms with Crippen molar-refractivity contribution in [3.8, 4) is 5.75 Å². The van der Waals surface area contributed by atoms with Crippen molar-refractivity contribution in [1.29, 1.82) is 0 Å². The number of rotatable bonds is 3. The number of benzene rings is 1. The van der Waals surface area contributed by atoms with Gasteiger partial charge in [-0.2, -0.15) is 0 Å². The first-order valence-corrected chi connectivity index (χ1v) is 9.09. The summed E-state index contributed by atoms with van der Waals surface area (Å²) in [5, 5.41) is 0. The van der Waals surface area contributed by atoms with Gasteiger partial charge in [0.15, 0.2) is 0 Å². The van der Waals surface area contributed by atoms with Gasteiger partial charge in [0, 0.05) is 30.9 Å². The maximum Gasteiger partial charge on any atom is 0.134 e. The molecule has 24 heavy (non-hydrogen) atoms. The van der Waals surface area contributed by atoms with Crippen LogP contribution in [0.3, 0.4) is 0 Å². The Morgan fingerprint density at radius 3 is 2.92 bits per heavy atom. The summed E-state index contributed by atoms with van der Waals surface area (Å²) in [6.45, 7) is 3.79. The highest BCUT2D eigenvalue weighted by molar-refractivity contribution is 5.82. The SMILES string of the molecule is CCOC12CCC(=O)C[C@@]13CCN(C)[C@@H]2Cc1ccc(OC)cc13. The van der Waals surface area contributed by atoms with Gasteiger partial charge in [-0.05, 0) is 63.0 Å². The molecule has 2 bridgehead atoms. The summed E-state index contributed by atoms with van der Waals surface area (Å²) in [5.41, 5.74) is 2.21. The van der Waals surface area contributed by atoms with E-state index in [2.05, 4.69) is 31.0 Å². The zero-order valence-corrected chi connectivity index (χ0v) is 14.9. The molecule has 0 spiro atoms. The molecule has 1 aromatic rings. The quantitative estimate of drug-likeness (QED) is 0.855. The average Bonchev–Trinajstić information content (AvgIpc) is 2.58. The van der Waals surface area contributed by atoms with Crippen LogP contribution < -0.4 is 4.74 Å². The average molecular weight is 329 g/mol. The molecule has 0 amide bonds. The predicted molar refractivity (Wildman–Crippen MR) is 92.6 cm³/mol. The van der Waals surface area contributed by atoms with Gasteiger partial charge in [-0.1, -0.05) is 6.07 Å². The summed E-state index contributed by atoms with van der Waals surface area (Å²) < 4.78 is 12.0. The molecule has 1 unspecified atom stereocenters. The summed E-state index contributed by atoms with van der Waals surface area (Å²) in [5.74, 6) is 1.26. The number of ether oxygens (including phenoxy) is 2. The van der Waals surface area contributed by atoms with E-state index >= 15 is 0 Å². The summed E-state index contributed by atoms with van der Waals surface area (Å²) in [4.78, 5) is 15.0. The van der Waals surface area contributed by atoms with Crippen LogP contribution in [0.5, 0.6) is 5.75 Å². The molecular formula is C20H27NO3. The second-order valence-electron chi connectivity index (χ2n) is 7.59. The molecule has 0 N–H and O–H groups in total. The number of likely N-dealkylation sites (N-methyl/N-ethyl adjacent to an activating group) is 1. The van der Waals surface area contributed by atoms with Crippen molar-refractivity contribution in [2.45, 2.75) is 56.1 Å². The molecular weight excluding hydrogens is 302 g/mol. The van der Waals surface area contributed by atoms with Crippen molar-refractivity contribution in [1.82, 2.24) is 4.90 Å². The smallest absolute Gasteiger partial charge is 0.134 e. The number of carbonyl (C=O) groups excluding carboxylic acids is 1. The lowest BCUT2D eigenvalue weighted by Gasteiger charge is -2.64. The fraction of sp³-hybridized carbons (Fsp3) is 0.650. The Hall–Kier alpha value is -1.39. The summed E-state index contributed by atoms with van der Waals surface area (Å²) in [7, 11) is 3.92. The lowest BCUT2D eigenvalue weighted by Crippen LogP contribution is -2.73. The zero-order chi connectivity index (χ0) is 16.9. The minimum Gasteiger partial charge on any atom is -0.497 e. The third-order valence-corrected chi connectivity index (χ3v) is 6.69. The minimum absolute atomic E-state index is 0.197. The van der Waals surface area contributed by atoms with Crippen molar-refractivity contribution in [3.63, 3.8) is 0 Å². The molecule has 2 aliphatic carbocycles. The van der Waals surface area contributed by atoms with Crippen molar-refractivity contribution >= 4 is 5.78 Å². The van der Waals surface area contributed by atoms with Crippen LogP contribution >= 0.6 is 0 Å². The Bertz CT molecular complexity index is 673. The van der Waals surface area contributed by atoms with Gasteiger partial charge in [0.2, 0.25) is 0 Å². The van der Waals surface area contributed by atoms with Gasteiger partial charge < -0.3 is 14.4 Å². The van der Waals surface area contributed by atoms with Crippen LogP contribution in [-0.2, 0) is 21.4 Å². The normalized spacial score (nSPS) is 35.3. The molecule has 0 radical (unpaired) electrons. The van der Waals surface area contributed by atoms with Crippen LogP contribution in [0.1, 0.15) is 43.7 Å². The highest BCUT2D eigenvalue weighted by Crippen LogP contribution is 2.59. The molecule has 3 atom stereocenters. The van der Waals surface area contributed by atoms with Crippen molar-refractivity contribution in [2.24, 2.45) is 0 Å². The number of carbonyl (C=O) groups is 1. The molecule has 4 nitrogen and oxygen atoms in total. The maximum atomic E-state index is 12.5. The van der Waals surface area contributed by atoms with Gasteiger partial charge >= 0.3 is 0 Å². The van der Waals surface area contributed by atoms with Gasteiger partial charge in [-0.25, -0.2) is 0 Å². The topological polar surface area (TPSA) is 38.8 Å². The lowest BCUT2D eigenvalue weighted by molar-refractivity contribution is -0.194. The lowest BCUT2D eigenvalue weighted by atomic mass is 9.49. The Morgan fingerprint density at radius 1 is 1.33 bits per heavy atom. The summed E-state index contributed by atoms with van der Waals surface area (Å²) in [6.07, 6.45) is 4.06. The Morgan fingerprint density at radius 2 is 2.17 bits per heavy atom. The maximum absolute atomic E-state index is 12.5. The summed E-state index contributed by atoms with van der Waals surface area (Å²) >= 11 is 0. The molecule has 3 aliphatic rings. The van der Waals surface area contributed by atoms with E-state index < -0.39 is 0 Å². The molecule has 2 fully saturated rings. The first-order valence-electron chi connectivity index (χ1n) is 9.09. The van der Waals surface area contributed by atoms with Crippen molar-refractivity contribution in [3.05, 3.63) is 29.3 Å². The van der Waals surface area contributed by atoms with Gasteiger partial charge in [-0.15, -0.1) is 0 Å². The zero-order valence-electron chi connectivity index (χ0n) is 14.9. The Kier molecular flexibility index (Phi) is 3.73. The number of ketones is 1. The molecule has 130 valence electrons. The predicted octanol–water partition coefficient (Wildman–Crippen LogP) is 2.72. The van der Waals surface area contributed by atoms with Crippen LogP contribution in [0.2, 0.25) is 0 Å². The van der Waals surface area contributed by atoms with E-state index in [9.17, 15) is 4.79 Å². The largest absolute Gasteiger partial charge is 0.497 e. The number of piperidine rings is 1. The molecule has 1 aromatic carbocycles. The van der Waals surface area contributed by atoms with Crippen molar-refractivity contribution < 1.29 is 14.3 Å². The van der Waals surface area contributed by atoms with Gasteiger partial charge in [0.1, 0.15) is 11.5 Å². The van der Waals surface area contributed by atoms with E-state index in [0.29, 0.717) is 31.3 Å². The van der Waals surface area contributed by atoms with E-state index in [0.717, 1.165) is 31.6 Å². The molecule has 1 saturated heterocycles. The third-order valence-electron chi connectivity index (χ3n) is 6.69. The van der Waals surface area contributed by atoms with Crippen LogP contribution in [0.25, 0.3) is 0 Å². The Labute approximate surface area is 144 Å². The molecule has 0 aromatic heterocycles. The number of fused-ring (bicyclic) bond motifs is 1.